The Morgan fingerprint density at radius 1 is 1.33 bits per heavy atom. The van der Waals surface area contributed by atoms with Gasteiger partial charge in [-0.25, -0.2) is 0 Å². The van der Waals surface area contributed by atoms with Crippen molar-refractivity contribution in [1.29, 1.82) is 0 Å². The Labute approximate surface area is 74.9 Å². The third-order valence-electron chi connectivity index (χ3n) is 2.69. The van der Waals surface area contributed by atoms with Gasteiger partial charge in [0.15, 0.2) is 0 Å². The van der Waals surface area contributed by atoms with E-state index in [0.717, 1.165) is 0 Å². The van der Waals surface area contributed by atoms with Crippen molar-refractivity contribution in [3.05, 3.63) is 0 Å². The molecule has 1 atom stereocenters. The summed E-state index contributed by atoms with van der Waals surface area (Å²) in [6.45, 7) is 3.21. The molecule has 1 unspecified atom stereocenters. The smallest absolute Gasteiger partial charge is 0.0801 e. The van der Waals surface area contributed by atoms with Crippen LogP contribution in [0.1, 0.15) is 39.0 Å². The van der Waals surface area contributed by atoms with Crippen molar-refractivity contribution >= 4 is 0 Å². The van der Waals surface area contributed by atoms with Crippen LogP contribution in [-0.2, 0) is 4.74 Å². The summed E-state index contributed by atoms with van der Waals surface area (Å²) in [6, 6.07) is 0. The molecular weight excluding hydrogens is 152 g/mol. The minimum atomic E-state index is -0.217. The molecule has 0 aromatic rings. The average Bonchev–Trinajstić information content (AvgIpc) is 2.15. The predicted molar refractivity (Wildman–Crippen MR) is 49.1 cm³/mol. The summed E-state index contributed by atoms with van der Waals surface area (Å²) >= 11 is 0. The highest BCUT2D eigenvalue weighted by molar-refractivity contribution is 4.72. The summed E-state index contributed by atoms with van der Waals surface area (Å²) in [7, 11) is 0. The monoisotopic (exact) mass is 172 g/mol. The first kappa shape index (κ1) is 10.0. The van der Waals surface area contributed by atoms with Crippen molar-refractivity contribution in [3.63, 3.8) is 0 Å². The highest BCUT2D eigenvalue weighted by Crippen LogP contribution is 2.26. The standard InChI is InChI=1S/C10H20O2/c1-2-12-8-10(11)9-6-4-3-5-7-9/h9-11H,2-8H2,1H3. The van der Waals surface area contributed by atoms with Crippen LogP contribution in [0.4, 0.5) is 0 Å². The lowest BCUT2D eigenvalue weighted by Crippen LogP contribution is -2.27. The van der Waals surface area contributed by atoms with Crippen LogP contribution in [0.2, 0.25) is 0 Å². The SMILES string of the molecule is CCOCC(O)C1CCCCC1. The fourth-order valence-corrected chi connectivity index (χ4v) is 1.89. The zero-order chi connectivity index (χ0) is 8.81. The van der Waals surface area contributed by atoms with Gasteiger partial charge in [0, 0.05) is 6.61 Å². The van der Waals surface area contributed by atoms with Gasteiger partial charge in [-0.3, -0.25) is 0 Å². The lowest BCUT2D eigenvalue weighted by molar-refractivity contribution is -0.000970. The highest BCUT2D eigenvalue weighted by atomic mass is 16.5. The molecule has 1 fully saturated rings. The molecule has 2 heteroatoms. The molecule has 0 aliphatic heterocycles. The van der Waals surface area contributed by atoms with Crippen molar-refractivity contribution in [2.45, 2.75) is 45.1 Å². The average molecular weight is 172 g/mol. The second-order valence-electron chi connectivity index (χ2n) is 3.62. The molecule has 0 radical (unpaired) electrons. The Balaban J connectivity index is 2.15. The van der Waals surface area contributed by atoms with E-state index in [0.29, 0.717) is 19.1 Å². The quantitative estimate of drug-likeness (QED) is 0.702. The first-order valence-electron chi connectivity index (χ1n) is 5.10. The second kappa shape index (κ2) is 5.55. The topological polar surface area (TPSA) is 29.5 Å². The summed E-state index contributed by atoms with van der Waals surface area (Å²) in [6.07, 6.45) is 6.08. The van der Waals surface area contributed by atoms with Gasteiger partial charge in [-0.15, -0.1) is 0 Å². The van der Waals surface area contributed by atoms with E-state index in [4.69, 9.17) is 4.74 Å². The number of hydrogen-bond acceptors (Lipinski definition) is 2. The Kier molecular flexibility index (Phi) is 4.62. The van der Waals surface area contributed by atoms with Gasteiger partial charge >= 0.3 is 0 Å². The molecule has 0 spiro atoms. The van der Waals surface area contributed by atoms with Gasteiger partial charge in [-0.1, -0.05) is 19.3 Å². The largest absolute Gasteiger partial charge is 0.390 e. The summed E-state index contributed by atoms with van der Waals surface area (Å²) in [5.41, 5.74) is 0. The maximum Gasteiger partial charge on any atom is 0.0801 e. The summed E-state index contributed by atoms with van der Waals surface area (Å²) < 4.78 is 5.20. The minimum Gasteiger partial charge on any atom is -0.390 e. The van der Waals surface area contributed by atoms with Crippen LogP contribution in [0.3, 0.4) is 0 Å². The van der Waals surface area contributed by atoms with Gasteiger partial charge in [0.1, 0.15) is 0 Å². The normalized spacial score (nSPS) is 22.5. The van der Waals surface area contributed by atoms with Crippen LogP contribution in [0.15, 0.2) is 0 Å². The predicted octanol–water partition coefficient (Wildman–Crippen LogP) is 1.96. The van der Waals surface area contributed by atoms with Crippen LogP contribution >= 0.6 is 0 Å². The molecule has 1 saturated carbocycles. The van der Waals surface area contributed by atoms with E-state index in [1.807, 2.05) is 6.92 Å². The molecule has 0 aromatic heterocycles. The van der Waals surface area contributed by atoms with Crippen molar-refractivity contribution < 1.29 is 9.84 Å². The van der Waals surface area contributed by atoms with Crippen molar-refractivity contribution in [2.75, 3.05) is 13.2 Å². The van der Waals surface area contributed by atoms with Gasteiger partial charge < -0.3 is 9.84 Å². The molecule has 0 amide bonds. The molecule has 12 heavy (non-hydrogen) atoms. The van der Waals surface area contributed by atoms with Gasteiger partial charge in [-0.2, -0.15) is 0 Å². The van der Waals surface area contributed by atoms with Crippen molar-refractivity contribution in [1.82, 2.24) is 0 Å². The molecule has 1 aliphatic carbocycles. The maximum atomic E-state index is 9.68. The number of aliphatic hydroxyl groups excluding tert-OH is 1. The van der Waals surface area contributed by atoms with E-state index in [-0.39, 0.29) is 6.10 Å². The Hall–Kier alpha value is -0.0800. The van der Waals surface area contributed by atoms with Gasteiger partial charge in [0.25, 0.3) is 0 Å². The van der Waals surface area contributed by atoms with Crippen LogP contribution < -0.4 is 0 Å². The second-order valence-corrected chi connectivity index (χ2v) is 3.62. The zero-order valence-corrected chi connectivity index (χ0v) is 7.96. The third kappa shape index (κ3) is 3.11. The summed E-state index contributed by atoms with van der Waals surface area (Å²) in [5, 5.41) is 9.68. The molecule has 1 aliphatic rings. The lowest BCUT2D eigenvalue weighted by atomic mass is 9.85. The number of hydrogen-bond donors (Lipinski definition) is 1. The first-order chi connectivity index (χ1) is 5.84. The molecule has 0 saturated heterocycles. The summed E-state index contributed by atoms with van der Waals surface area (Å²) in [5.74, 6) is 0.505. The van der Waals surface area contributed by atoms with E-state index < -0.39 is 0 Å². The van der Waals surface area contributed by atoms with Crippen molar-refractivity contribution in [3.8, 4) is 0 Å². The number of aliphatic hydroxyl groups is 1. The first-order valence-corrected chi connectivity index (χ1v) is 5.10. The Morgan fingerprint density at radius 2 is 2.00 bits per heavy atom. The van der Waals surface area contributed by atoms with E-state index in [2.05, 4.69) is 0 Å². The summed E-state index contributed by atoms with van der Waals surface area (Å²) in [4.78, 5) is 0. The highest BCUT2D eigenvalue weighted by Gasteiger charge is 2.21. The maximum absolute atomic E-state index is 9.68. The molecule has 1 N–H and O–H groups in total. The van der Waals surface area contributed by atoms with Gasteiger partial charge in [-0.05, 0) is 25.7 Å². The fourth-order valence-electron chi connectivity index (χ4n) is 1.89. The van der Waals surface area contributed by atoms with Crippen LogP contribution in [0.5, 0.6) is 0 Å². The van der Waals surface area contributed by atoms with E-state index >= 15 is 0 Å². The van der Waals surface area contributed by atoms with Gasteiger partial charge in [0.05, 0.1) is 12.7 Å². The van der Waals surface area contributed by atoms with E-state index in [1.54, 1.807) is 0 Å². The van der Waals surface area contributed by atoms with Gasteiger partial charge in [0.2, 0.25) is 0 Å². The Morgan fingerprint density at radius 3 is 2.58 bits per heavy atom. The van der Waals surface area contributed by atoms with Crippen LogP contribution in [0, 0.1) is 5.92 Å². The molecule has 0 bridgehead atoms. The third-order valence-corrected chi connectivity index (χ3v) is 2.69. The Bertz CT molecular complexity index is 108. The minimum absolute atomic E-state index is 0.217. The lowest BCUT2D eigenvalue weighted by Gasteiger charge is -2.26. The number of ether oxygens (including phenoxy) is 1. The fraction of sp³-hybridized carbons (Fsp3) is 1.00. The molecular formula is C10H20O2. The number of rotatable bonds is 4. The molecule has 72 valence electrons. The van der Waals surface area contributed by atoms with Crippen LogP contribution in [-0.4, -0.2) is 24.4 Å². The molecule has 2 nitrogen and oxygen atoms in total. The molecule has 0 heterocycles. The van der Waals surface area contributed by atoms with E-state index in [9.17, 15) is 5.11 Å². The van der Waals surface area contributed by atoms with E-state index in [1.165, 1.54) is 32.1 Å². The molecule has 1 rings (SSSR count). The zero-order valence-electron chi connectivity index (χ0n) is 7.96. The molecule has 0 aromatic carbocycles. The van der Waals surface area contributed by atoms with Crippen LogP contribution in [0.25, 0.3) is 0 Å². The van der Waals surface area contributed by atoms with Crippen molar-refractivity contribution in [2.24, 2.45) is 5.92 Å².